The third kappa shape index (κ3) is 1.58. The molecule has 1 atom stereocenters. The molecule has 14 heavy (non-hydrogen) atoms. The van der Waals surface area contributed by atoms with Crippen LogP contribution in [-0.4, -0.2) is 0 Å². The first-order chi connectivity index (χ1) is 6.61. The van der Waals surface area contributed by atoms with E-state index >= 15 is 0 Å². The first-order valence-corrected chi connectivity index (χ1v) is 5.70. The van der Waals surface area contributed by atoms with E-state index in [2.05, 4.69) is 15.9 Å². The molecule has 1 aromatic rings. The van der Waals surface area contributed by atoms with Crippen LogP contribution >= 0.6 is 27.5 Å². The predicted molar refractivity (Wildman–Crippen MR) is 59.0 cm³/mol. The standard InChI is InChI=1S/C10H10BrClFN/c11-6-4-7(12)5-2-1-3-8(14)9(5)10(6)13/h4,8H,1-3,14H2/t8-/m1/s1. The molecule has 1 aliphatic rings. The summed E-state index contributed by atoms with van der Waals surface area (Å²) in [6.07, 6.45) is 2.64. The van der Waals surface area contributed by atoms with Crippen molar-refractivity contribution >= 4 is 27.5 Å². The van der Waals surface area contributed by atoms with Crippen molar-refractivity contribution in [2.24, 2.45) is 5.73 Å². The molecule has 4 heteroatoms. The zero-order chi connectivity index (χ0) is 10.3. The highest BCUT2D eigenvalue weighted by molar-refractivity contribution is 9.10. The molecule has 1 aromatic carbocycles. The van der Waals surface area contributed by atoms with Crippen molar-refractivity contribution in [2.45, 2.75) is 25.3 Å². The molecule has 1 aliphatic carbocycles. The van der Waals surface area contributed by atoms with Gasteiger partial charge in [-0.25, -0.2) is 4.39 Å². The minimum Gasteiger partial charge on any atom is -0.324 e. The van der Waals surface area contributed by atoms with Gasteiger partial charge >= 0.3 is 0 Å². The van der Waals surface area contributed by atoms with E-state index in [-0.39, 0.29) is 11.9 Å². The van der Waals surface area contributed by atoms with Gasteiger partial charge in [0.05, 0.1) is 4.47 Å². The van der Waals surface area contributed by atoms with Gasteiger partial charge in [-0.3, -0.25) is 0 Å². The lowest BCUT2D eigenvalue weighted by atomic mass is 9.88. The first-order valence-electron chi connectivity index (χ1n) is 4.53. The lowest BCUT2D eigenvalue weighted by Gasteiger charge is -2.24. The number of rotatable bonds is 0. The van der Waals surface area contributed by atoms with Gasteiger partial charge in [0.25, 0.3) is 0 Å². The van der Waals surface area contributed by atoms with Gasteiger partial charge in [0.2, 0.25) is 0 Å². The summed E-state index contributed by atoms with van der Waals surface area (Å²) in [5.41, 5.74) is 7.34. The molecular weight excluding hydrogens is 268 g/mol. The van der Waals surface area contributed by atoms with E-state index in [1.807, 2.05) is 0 Å². The number of hydrogen-bond donors (Lipinski definition) is 1. The molecule has 0 spiro atoms. The summed E-state index contributed by atoms with van der Waals surface area (Å²) in [5.74, 6) is -0.253. The summed E-state index contributed by atoms with van der Waals surface area (Å²) < 4.78 is 14.1. The van der Waals surface area contributed by atoms with Gasteiger partial charge in [-0.2, -0.15) is 0 Å². The molecule has 0 saturated carbocycles. The van der Waals surface area contributed by atoms with Crippen LogP contribution < -0.4 is 5.73 Å². The lowest BCUT2D eigenvalue weighted by Crippen LogP contribution is -2.19. The number of halogens is 3. The highest BCUT2D eigenvalue weighted by Gasteiger charge is 2.24. The topological polar surface area (TPSA) is 26.0 Å². The average Bonchev–Trinajstić information content (AvgIpc) is 2.14. The summed E-state index contributed by atoms with van der Waals surface area (Å²) >= 11 is 9.17. The van der Waals surface area contributed by atoms with Gasteiger partial charge in [-0.05, 0) is 46.8 Å². The van der Waals surface area contributed by atoms with Crippen LogP contribution in [0.1, 0.15) is 30.0 Å². The molecule has 2 rings (SSSR count). The Hall–Kier alpha value is -0.120. The molecule has 0 unspecified atom stereocenters. The molecule has 1 nitrogen and oxygen atoms in total. The quantitative estimate of drug-likeness (QED) is 0.721. The molecule has 0 aliphatic heterocycles. The summed E-state index contributed by atoms with van der Waals surface area (Å²) in [6, 6.07) is 1.39. The fourth-order valence-corrected chi connectivity index (χ4v) is 2.81. The Balaban J connectivity index is 2.67. The highest BCUT2D eigenvalue weighted by Crippen LogP contribution is 2.37. The summed E-state index contributed by atoms with van der Waals surface area (Å²) in [7, 11) is 0. The normalized spacial score (nSPS) is 20.7. The van der Waals surface area contributed by atoms with Crippen LogP contribution in [0.15, 0.2) is 10.5 Å². The van der Waals surface area contributed by atoms with Crippen molar-refractivity contribution < 1.29 is 4.39 Å². The van der Waals surface area contributed by atoms with E-state index in [0.29, 0.717) is 15.1 Å². The number of fused-ring (bicyclic) bond motifs is 1. The second-order valence-corrected chi connectivity index (χ2v) is 4.81. The Kier molecular flexibility index (Phi) is 2.82. The van der Waals surface area contributed by atoms with Crippen molar-refractivity contribution in [3.8, 4) is 0 Å². The third-order valence-electron chi connectivity index (χ3n) is 2.63. The summed E-state index contributed by atoms with van der Waals surface area (Å²) in [6.45, 7) is 0. The highest BCUT2D eigenvalue weighted by atomic mass is 79.9. The molecule has 0 fully saturated rings. The second kappa shape index (κ2) is 3.80. The third-order valence-corrected chi connectivity index (χ3v) is 3.54. The molecule has 2 N–H and O–H groups in total. The fourth-order valence-electron chi connectivity index (χ4n) is 1.94. The van der Waals surface area contributed by atoms with E-state index in [0.717, 1.165) is 24.8 Å². The molecule has 0 amide bonds. The van der Waals surface area contributed by atoms with Gasteiger partial charge < -0.3 is 5.73 Å². The Bertz CT molecular complexity index is 381. The van der Waals surface area contributed by atoms with Gasteiger partial charge in [0.1, 0.15) is 5.82 Å². The number of hydrogen-bond acceptors (Lipinski definition) is 1. The van der Waals surface area contributed by atoms with E-state index < -0.39 is 0 Å². The van der Waals surface area contributed by atoms with Gasteiger partial charge in [0.15, 0.2) is 0 Å². The van der Waals surface area contributed by atoms with Crippen LogP contribution in [0.2, 0.25) is 5.02 Å². The fraction of sp³-hybridized carbons (Fsp3) is 0.400. The van der Waals surface area contributed by atoms with Crippen LogP contribution in [0, 0.1) is 5.82 Å². The van der Waals surface area contributed by atoms with E-state index in [9.17, 15) is 4.39 Å². The largest absolute Gasteiger partial charge is 0.324 e. The van der Waals surface area contributed by atoms with Crippen LogP contribution in [0.3, 0.4) is 0 Å². The van der Waals surface area contributed by atoms with E-state index in [1.54, 1.807) is 6.07 Å². The molecule has 0 heterocycles. The Morgan fingerprint density at radius 2 is 2.29 bits per heavy atom. The Labute approximate surface area is 95.6 Å². The Morgan fingerprint density at radius 3 is 3.00 bits per heavy atom. The first kappa shape index (κ1) is 10.4. The monoisotopic (exact) mass is 277 g/mol. The maximum atomic E-state index is 13.7. The van der Waals surface area contributed by atoms with Crippen molar-refractivity contribution in [3.63, 3.8) is 0 Å². The number of benzene rings is 1. The zero-order valence-corrected chi connectivity index (χ0v) is 9.83. The van der Waals surface area contributed by atoms with Crippen LogP contribution in [0.5, 0.6) is 0 Å². The smallest absolute Gasteiger partial charge is 0.142 e. The minimum atomic E-state index is -0.253. The second-order valence-electron chi connectivity index (χ2n) is 3.55. The zero-order valence-electron chi connectivity index (χ0n) is 7.49. The molecule has 76 valence electrons. The van der Waals surface area contributed by atoms with E-state index in [4.69, 9.17) is 17.3 Å². The molecular formula is C10H10BrClFN. The van der Waals surface area contributed by atoms with Crippen molar-refractivity contribution in [1.29, 1.82) is 0 Å². The van der Waals surface area contributed by atoms with Crippen molar-refractivity contribution in [3.05, 3.63) is 32.5 Å². The Morgan fingerprint density at radius 1 is 1.57 bits per heavy atom. The summed E-state index contributed by atoms with van der Waals surface area (Å²) in [4.78, 5) is 0. The van der Waals surface area contributed by atoms with Crippen molar-refractivity contribution in [2.75, 3.05) is 0 Å². The van der Waals surface area contributed by atoms with Crippen LogP contribution in [0.25, 0.3) is 0 Å². The maximum Gasteiger partial charge on any atom is 0.142 e. The molecule has 0 saturated heterocycles. The number of nitrogens with two attached hydrogens (primary N) is 1. The average molecular weight is 279 g/mol. The van der Waals surface area contributed by atoms with E-state index in [1.165, 1.54) is 0 Å². The molecule has 0 radical (unpaired) electrons. The molecule has 0 aromatic heterocycles. The maximum absolute atomic E-state index is 13.7. The minimum absolute atomic E-state index is 0.214. The van der Waals surface area contributed by atoms with Gasteiger partial charge in [-0.15, -0.1) is 0 Å². The van der Waals surface area contributed by atoms with Gasteiger partial charge in [-0.1, -0.05) is 11.6 Å². The van der Waals surface area contributed by atoms with Crippen LogP contribution in [0.4, 0.5) is 4.39 Å². The molecule has 0 bridgehead atoms. The summed E-state index contributed by atoms with van der Waals surface area (Å²) in [5, 5.41) is 0.614. The van der Waals surface area contributed by atoms with Crippen LogP contribution in [-0.2, 0) is 6.42 Å². The van der Waals surface area contributed by atoms with Gasteiger partial charge in [0, 0.05) is 16.6 Å². The SMILES string of the molecule is N[C@@H]1CCCc2c(Cl)cc(Br)c(F)c21. The predicted octanol–water partition coefficient (Wildman–Crippen LogP) is 3.58. The lowest BCUT2D eigenvalue weighted by molar-refractivity contribution is 0.515. The van der Waals surface area contributed by atoms with Crippen molar-refractivity contribution in [1.82, 2.24) is 0 Å².